The van der Waals surface area contributed by atoms with E-state index in [-0.39, 0.29) is 4.90 Å². The van der Waals surface area contributed by atoms with Gasteiger partial charge in [-0.3, -0.25) is 9.10 Å². The molecule has 0 aromatic heterocycles. The lowest BCUT2D eigenvalue weighted by Gasteiger charge is -2.24. The topological polar surface area (TPSA) is 75.7 Å². The molecule has 0 saturated carbocycles. The van der Waals surface area contributed by atoms with Crippen LogP contribution >= 0.6 is 11.6 Å². The molecule has 4 aromatic carbocycles. The van der Waals surface area contributed by atoms with Crippen LogP contribution < -0.4 is 14.4 Å². The maximum atomic E-state index is 13.5. The Labute approximate surface area is 216 Å². The second-order valence-corrected chi connectivity index (χ2v) is 10.2. The minimum absolute atomic E-state index is 0.0909. The molecule has 0 saturated heterocycles. The minimum Gasteiger partial charge on any atom is -0.455 e. The Bertz CT molecular complexity index is 1430. The number of nitrogens with zero attached hydrogens (tertiary/aromatic N) is 1. The van der Waals surface area contributed by atoms with Crippen LogP contribution in [0.1, 0.15) is 12.5 Å². The molecule has 36 heavy (non-hydrogen) atoms. The first-order chi connectivity index (χ1) is 17.4. The number of aryl methyl sites for hydroxylation is 1. The SMILES string of the molecule is CCc1ccc(N(CC(=O)Nc2cc(Cl)ccc2Oc2ccccc2)S(=O)(=O)c2ccccc2)cc1. The number of hydrogen-bond donors (Lipinski definition) is 1. The molecule has 0 fully saturated rings. The van der Waals surface area contributed by atoms with E-state index in [1.54, 1.807) is 60.7 Å². The zero-order chi connectivity index (χ0) is 25.5. The van der Waals surface area contributed by atoms with E-state index in [0.717, 1.165) is 16.3 Å². The third-order valence-electron chi connectivity index (χ3n) is 5.44. The summed E-state index contributed by atoms with van der Waals surface area (Å²) >= 11 is 6.17. The fraction of sp³-hybridized carbons (Fsp3) is 0.107. The molecule has 6 nitrogen and oxygen atoms in total. The third kappa shape index (κ3) is 6.05. The molecule has 0 aliphatic rings. The first kappa shape index (κ1) is 25.3. The lowest BCUT2D eigenvalue weighted by molar-refractivity contribution is -0.114. The van der Waals surface area contributed by atoms with Gasteiger partial charge in [-0.1, -0.05) is 67.1 Å². The van der Waals surface area contributed by atoms with Crippen molar-refractivity contribution < 1.29 is 17.9 Å². The van der Waals surface area contributed by atoms with Gasteiger partial charge >= 0.3 is 0 Å². The van der Waals surface area contributed by atoms with Crippen LogP contribution in [0.3, 0.4) is 0 Å². The van der Waals surface area contributed by atoms with Gasteiger partial charge in [-0.25, -0.2) is 8.42 Å². The minimum atomic E-state index is -4.01. The summed E-state index contributed by atoms with van der Waals surface area (Å²) in [5.41, 5.74) is 1.77. The largest absolute Gasteiger partial charge is 0.455 e. The summed E-state index contributed by atoms with van der Waals surface area (Å²) in [6.07, 6.45) is 0.811. The molecule has 0 bridgehead atoms. The molecule has 184 valence electrons. The van der Waals surface area contributed by atoms with Gasteiger partial charge in [-0.05, 0) is 66.6 Å². The second kappa shape index (κ2) is 11.3. The van der Waals surface area contributed by atoms with Crippen LogP contribution in [-0.2, 0) is 21.2 Å². The number of sulfonamides is 1. The van der Waals surface area contributed by atoms with Crippen molar-refractivity contribution >= 4 is 38.9 Å². The summed E-state index contributed by atoms with van der Waals surface area (Å²) in [6.45, 7) is 1.57. The van der Waals surface area contributed by atoms with Gasteiger partial charge in [0.15, 0.2) is 5.75 Å². The summed E-state index contributed by atoms with van der Waals surface area (Å²) < 4.78 is 34.1. The molecule has 0 aliphatic carbocycles. The lowest BCUT2D eigenvalue weighted by Crippen LogP contribution is -2.38. The predicted molar refractivity (Wildman–Crippen MR) is 143 cm³/mol. The quantitative estimate of drug-likeness (QED) is 0.272. The van der Waals surface area contributed by atoms with Crippen molar-refractivity contribution in [3.63, 3.8) is 0 Å². The Morgan fingerprint density at radius 2 is 1.53 bits per heavy atom. The Morgan fingerprint density at radius 1 is 0.889 bits per heavy atom. The van der Waals surface area contributed by atoms with E-state index in [1.165, 1.54) is 12.1 Å². The van der Waals surface area contributed by atoms with Crippen LogP contribution in [0.4, 0.5) is 11.4 Å². The number of hydrogen-bond acceptors (Lipinski definition) is 4. The summed E-state index contributed by atoms with van der Waals surface area (Å²) in [5, 5.41) is 3.16. The van der Waals surface area contributed by atoms with Crippen LogP contribution in [0.25, 0.3) is 0 Å². The zero-order valence-corrected chi connectivity index (χ0v) is 21.2. The van der Waals surface area contributed by atoms with Gasteiger partial charge in [0.2, 0.25) is 5.91 Å². The van der Waals surface area contributed by atoms with Crippen LogP contribution in [-0.4, -0.2) is 20.9 Å². The average molecular weight is 521 g/mol. The van der Waals surface area contributed by atoms with E-state index >= 15 is 0 Å². The number of nitrogens with one attached hydrogen (secondary N) is 1. The molecule has 0 heterocycles. The molecule has 0 unspecified atom stereocenters. The normalized spacial score (nSPS) is 11.1. The van der Waals surface area contributed by atoms with Gasteiger partial charge in [0, 0.05) is 5.02 Å². The van der Waals surface area contributed by atoms with E-state index in [2.05, 4.69) is 5.32 Å². The van der Waals surface area contributed by atoms with Gasteiger partial charge in [-0.2, -0.15) is 0 Å². The number of carbonyl (C=O) groups is 1. The smallest absolute Gasteiger partial charge is 0.264 e. The highest BCUT2D eigenvalue weighted by Crippen LogP contribution is 2.32. The number of anilines is 2. The molecule has 0 radical (unpaired) electrons. The molecule has 1 N–H and O–H groups in total. The van der Waals surface area contributed by atoms with Crippen molar-refractivity contribution in [3.8, 4) is 11.5 Å². The van der Waals surface area contributed by atoms with Gasteiger partial charge < -0.3 is 10.1 Å². The Kier molecular flexibility index (Phi) is 7.93. The van der Waals surface area contributed by atoms with Gasteiger partial charge in [-0.15, -0.1) is 0 Å². The molecule has 0 atom stereocenters. The van der Waals surface area contributed by atoms with Crippen LogP contribution in [0.2, 0.25) is 5.02 Å². The van der Waals surface area contributed by atoms with Crippen molar-refractivity contribution in [2.45, 2.75) is 18.2 Å². The predicted octanol–water partition coefficient (Wildman–Crippen LogP) is 6.53. The molecule has 0 spiro atoms. The second-order valence-electron chi connectivity index (χ2n) is 7.95. The number of amides is 1. The van der Waals surface area contributed by atoms with Crippen LogP contribution in [0, 0.1) is 0 Å². The average Bonchev–Trinajstić information content (AvgIpc) is 2.90. The summed E-state index contributed by atoms with van der Waals surface area (Å²) in [7, 11) is -4.01. The standard InChI is InChI=1S/C28H25ClN2O4S/c1-2-21-13-16-23(17-14-21)31(36(33,34)25-11-7-4-8-12-25)20-28(32)30-26-19-22(29)15-18-27(26)35-24-9-5-3-6-10-24/h3-19H,2,20H2,1H3,(H,30,32). The van der Waals surface area contributed by atoms with Crippen molar-refractivity contribution in [2.75, 3.05) is 16.2 Å². The maximum Gasteiger partial charge on any atom is 0.264 e. The van der Waals surface area contributed by atoms with Crippen molar-refractivity contribution in [2.24, 2.45) is 0 Å². The summed E-state index contributed by atoms with van der Waals surface area (Å²) in [4.78, 5) is 13.3. The van der Waals surface area contributed by atoms with E-state index < -0.39 is 22.5 Å². The third-order valence-corrected chi connectivity index (χ3v) is 7.46. The molecular weight excluding hydrogens is 496 g/mol. The molecule has 1 amide bonds. The molecule has 4 rings (SSSR count). The maximum absolute atomic E-state index is 13.5. The van der Waals surface area contributed by atoms with Gasteiger partial charge in [0.1, 0.15) is 12.3 Å². The zero-order valence-electron chi connectivity index (χ0n) is 19.6. The Morgan fingerprint density at radius 3 is 2.17 bits per heavy atom. The van der Waals surface area contributed by atoms with Crippen molar-refractivity contribution in [1.82, 2.24) is 0 Å². The number of halogens is 1. The first-order valence-corrected chi connectivity index (χ1v) is 13.2. The summed E-state index contributed by atoms with van der Waals surface area (Å²) in [6, 6.07) is 29.1. The van der Waals surface area contributed by atoms with Gasteiger partial charge in [0.05, 0.1) is 16.3 Å². The lowest BCUT2D eigenvalue weighted by atomic mass is 10.1. The van der Waals surface area contributed by atoms with Crippen molar-refractivity contribution in [1.29, 1.82) is 0 Å². The molecule has 0 aliphatic heterocycles. The highest BCUT2D eigenvalue weighted by molar-refractivity contribution is 7.92. The molecular formula is C28H25ClN2O4S. The summed E-state index contributed by atoms with van der Waals surface area (Å²) in [5.74, 6) is 0.414. The van der Waals surface area contributed by atoms with E-state index in [1.807, 2.05) is 37.3 Å². The number of benzene rings is 4. The molecule has 8 heteroatoms. The number of rotatable bonds is 9. The first-order valence-electron chi connectivity index (χ1n) is 11.4. The van der Waals surface area contributed by atoms with E-state index in [9.17, 15) is 13.2 Å². The Balaban J connectivity index is 1.63. The fourth-order valence-electron chi connectivity index (χ4n) is 3.56. The van der Waals surface area contributed by atoms with Crippen molar-refractivity contribution in [3.05, 3.63) is 114 Å². The fourth-order valence-corrected chi connectivity index (χ4v) is 5.17. The van der Waals surface area contributed by atoms with Crippen LogP contribution in [0.15, 0.2) is 108 Å². The Hall–Kier alpha value is -3.81. The highest BCUT2D eigenvalue weighted by Gasteiger charge is 2.27. The van der Waals surface area contributed by atoms with Crippen LogP contribution in [0.5, 0.6) is 11.5 Å². The highest BCUT2D eigenvalue weighted by atomic mass is 35.5. The van der Waals surface area contributed by atoms with E-state index in [4.69, 9.17) is 16.3 Å². The number of para-hydroxylation sites is 1. The molecule has 4 aromatic rings. The monoisotopic (exact) mass is 520 g/mol. The number of carbonyl (C=O) groups excluding carboxylic acids is 1. The van der Waals surface area contributed by atoms with Gasteiger partial charge in [0.25, 0.3) is 10.0 Å². The van der Waals surface area contributed by atoms with E-state index in [0.29, 0.717) is 27.9 Å². The number of ether oxygens (including phenoxy) is 1.